The van der Waals surface area contributed by atoms with Crippen LogP contribution < -0.4 is 40.6 Å². The van der Waals surface area contributed by atoms with Crippen molar-refractivity contribution in [1.29, 1.82) is 0 Å². The molecule has 5 nitrogen and oxygen atoms in total. The second kappa shape index (κ2) is 6.69. The molecule has 0 aliphatic rings. The van der Waals surface area contributed by atoms with Crippen molar-refractivity contribution in [2.75, 3.05) is 18.4 Å². The average Bonchev–Trinajstić information content (AvgIpc) is 2.34. The van der Waals surface area contributed by atoms with Gasteiger partial charge in [0.05, 0.1) is 10.6 Å². The van der Waals surface area contributed by atoms with E-state index in [0.717, 1.165) is 0 Å². The minimum Gasteiger partial charge on any atom is -0.744 e. The normalized spacial score (nSPS) is 11.1. The summed E-state index contributed by atoms with van der Waals surface area (Å²) in [4.78, 5) is -0.214. The summed E-state index contributed by atoms with van der Waals surface area (Å²) in [5.74, 6) is 0. The Bertz CT molecular complexity index is 674. The van der Waals surface area contributed by atoms with E-state index in [-0.39, 0.29) is 34.5 Å². The number of hydrogen-bond acceptors (Lipinski definition) is 5. The molecule has 0 aromatic heterocycles. The van der Waals surface area contributed by atoms with Crippen LogP contribution in [-0.4, -0.2) is 26.1 Å². The largest absolute Gasteiger partial charge is 1.00 e. The Labute approximate surface area is 134 Å². The predicted octanol–water partition coefficient (Wildman–Crippen LogP) is -1.88. The van der Waals surface area contributed by atoms with Crippen LogP contribution in [0, 0.1) is 0 Å². The quantitative estimate of drug-likeness (QED) is 0.507. The maximum Gasteiger partial charge on any atom is 1.00 e. The molecule has 2 rings (SSSR count). The van der Waals surface area contributed by atoms with Gasteiger partial charge in [0.25, 0.3) is 0 Å². The fraction of sp³-hybridized carbons (Fsp3) is 0.167. The van der Waals surface area contributed by atoms with Crippen molar-refractivity contribution in [2.24, 2.45) is 5.73 Å². The van der Waals surface area contributed by atoms with Gasteiger partial charge < -0.3 is 15.6 Å². The van der Waals surface area contributed by atoms with E-state index < -0.39 is 10.1 Å². The van der Waals surface area contributed by atoms with E-state index in [1.165, 1.54) is 0 Å². The van der Waals surface area contributed by atoms with Gasteiger partial charge in [0.1, 0.15) is 10.1 Å². The number of fused-ring (bicyclic) bond motifs is 1. The fourth-order valence-corrected chi connectivity index (χ4v) is 2.72. The number of anilines is 1. The summed E-state index contributed by atoms with van der Waals surface area (Å²) in [6.45, 7) is 0.756. The minimum atomic E-state index is -4.54. The first-order valence-electron chi connectivity index (χ1n) is 5.45. The number of benzene rings is 2. The molecule has 0 aliphatic heterocycles. The first-order chi connectivity index (χ1) is 8.54. The van der Waals surface area contributed by atoms with Crippen LogP contribution in [0.4, 0.5) is 5.69 Å². The average molecular weight is 288 g/mol. The van der Waals surface area contributed by atoms with E-state index in [1.807, 2.05) is 0 Å². The van der Waals surface area contributed by atoms with Crippen molar-refractivity contribution < 1.29 is 42.5 Å². The van der Waals surface area contributed by atoms with Gasteiger partial charge in [-0.05, 0) is 11.5 Å². The zero-order valence-corrected chi connectivity index (χ0v) is 13.4. The SMILES string of the molecule is NCCNc1ccc2ccccc2c1S(=O)(=O)[O-].[Na+]. The van der Waals surface area contributed by atoms with Crippen LogP contribution in [-0.2, 0) is 10.1 Å². The Morgan fingerprint density at radius 1 is 1.16 bits per heavy atom. The van der Waals surface area contributed by atoms with Crippen molar-refractivity contribution in [3.63, 3.8) is 0 Å². The molecule has 0 aliphatic carbocycles. The van der Waals surface area contributed by atoms with E-state index in [9.17, 15) is 13.0 Å². The van der Waals surface area contributed by atoms with Gasteiger partial charge in [0.2, 0.25) is 0 Å². The summed E-state index contributed by atoms with van der Waals surface area (Å²) >= 11 is 0. The Balaban J connectivity index is 0.00000180. The van der Waals surface area contributed by atoms with Crippen molar-refractivity contribution in [1.82, 2.24) is 0 Å². The van der Waals surface area contributed by atoms with Crippen LogP contribution in [0.1, 0.15) is 0 Å². The maximum absolute atomic E-state index is 11.4. The van der Waals surface area contributed by atoms with Crippen LogP contribution in [0.15, 0.2) is 41.3 Å². The van der Waals surface area contributed by atoms with Crippen molar-refractivity contribution in [2.45, 2.75) is 4.90 Å². The Morgan fingerprint density at radius 3 is 2.47 bits per heavy atom. The van der Waals surface area contributed by atoms with Crippen molar-refractivity contribution in [3.8, 4) is 0 Å². The van der Waals surface area contributed by atoms with Gasteiger partial charge in [-0.2, -0.15) is 0 Å². The molecule has 3 N–H and O–H groups in total. The number of nitrogens with two attached hydrogens (primary N) is 1. The summed E-state index contributed by atoms with van der Waals surface area (Å²) in [6, 6.07) is 10.2. The molecule has 0 amide bonds. The first kappa shape index (κ1) is 16.4. The number of rotatable bonds is 4. The van der Waals surface area contributed by atoms with Crippen molar-refractivity contribution >= 4 is 26.6 Å². The van der Waals surface area contributed by atoms with Crippen LogP contribution >= 0.6 is 0 Å². The third-order valence-electron chi connectivity index (χ3n) is 2.59. The van der Waals surface area contributed by atoms with Gasteiger partial charge in [-0.15, -0.1) is 0 Å². The first-order valence-corrected chi connectivity index (χ1v) is 6.86. The van der Waals surface area contributed by atoms with Crippen LogP contribution in [0.3, 0.4) is 0 Å². The minimum absolute atomic E-state index is 0. The molecule has 0 saturated carbocycles. The van der Waals surface area contributed by atoms with Gasteiger partial charge in [-0.3, -0.25) is 0 Å². The summed E-state index contributed by atoms with van der Waals surface area (Å²) in [7, 11) is -4.54. The molecule has 0 unspecified atom stereocenters. The van der Waals surface area contributed by atoms with Gasteiger partial charge in [-0.25, -0.2) is 8.42 Å². The van der Waals surface area contributed by atoms with Gasteiger partial charge in [0.15, 0.2) is 0 Å². The van der Waals surface area contributed by atoms with E-state index in [2.05, 4.69) is 5.32 Å². The van der Waals surface area contributed by atoms with Crippen LogP contribution in [0.2, 0.25) is 0 Å². The molecule has 96 valence electrons. The van der Waals surface area contributed by atoms with Crippen molar-refractivity contribution in [3.05, 3.63) is 36.4 Å². The summed E-state index contributed by atoms with van der Waals surface area (Å²) in [5, 5.41) is 4.00. The van der Waals surface area contributed by atoms with Crippen LogP contribution in [0.25, 0.3) is 10.8 Å². The standard InChI is InChI=1S/C12H14N2O3S.Na/c13-7-8-14-11-6-5-9-3-1-2-4-10(9)12(11)18(15,16)17;/h1-6,14H,7-8,13H2,(H,15,16,17);/q;+1/p-1. The van der Waals surface area contributed by atoms with Gasteiger partial charge >= 0.3 is 29.6 Å². The molecule has 0 heterocycles. The Kier molecular flexibility index (Phi) is 5.79. The number of nitrogens with one attached hydrogen (secondary N) is 1. The molecule has 0 saturated heterocycles. The monoisotopic (exact) mass is 288 g/mol. The van der Waals surface area contributed by atoms with E-state index >= 15 is 0 Å². The summed E-state index contributed by atoms with van der Waals surface area (Å²) < 4.78 is 34.2. The second-order valence-corrected chi connectivity index (χ2v) is 5.15. The maximum atomic E-state index is 11.4. The zero-order valence-electron chi connectivity index (χ0n) is 10.6. The Morgan fingerprint density at radius 2 is 1.84 bits per heavy atom. The van der Waals surface area contributed by atoms with E-state index in [1.54, 1.807) is 36.4 Å². The molecule has 0 bridgehead atoms. The van der Waals surface area contributed by atoms with E-state index in [0.29, 0.717) is 29.5 Å². The molecule has 0 atom stereocenters. The molecule has 7 heteroatoms. The molecule has 0 fully saturated rings. The number of hydrogen-bond donors (Lipinski definition) is 2. The fourth-order valence-electron chi connectivity index (χ4n) is 1.86. The van der Waals surface area contributed by atoms with Gasteiger partial charge in [0, 0.05) is 18.5 Å². The smallest absolute Gasteiger partial charge is 0.744 e. The third-order valence-corrected chi connectivity index (χ3v) is 3.53. The topological polar surface area (TPSA) is 95.2 Å². The Hall–Kier alpha value is -0.630. The van der Waals surface area contributed by atoms with E-state index in [4.69, 9.17) is 5.73 Å². The summed E-state index contributed by atoms with van der Waals surface area (Å²) in [5.41, 5.74) is 5.66. The van der Waals surface area contributed by atoms with Gasteiger partial charge in [-0.1, -0.05) is 30.3 Å². The molecular formula is C12H13N2NaO3S. The third kappa shape index (κ3) is 3.68. The predicted molar refractivity (Wildman–Crippen MR) is 69.5 cm³/mol. The van der Waals surface area contributed by atoms with Crippen LogP contribution in [0.5, 0.6) is 0 Å². The molecule has 2 aromatic carbocycles. The zero-order chi connectivity index (χ0) is 13.2. The molecule has 2 aromatic rings. The molecule has 0 spiro atoms. The summed E-state index contributed by atoms with van der Waals surface area (Å²) in [6.07, 6.45) is 0. The molecular weight excluding hydrogens is 275 g/mol. The molecule has 0 radical (unpaired) electrons. The second-order valence-electron chi connectivity index (χ2n) is 3.83. The molecule has 19 heavy (non-hydrogen) atoms.